The van der Waals surface area contributed by atoms with Gasteiger partial charge in [0, 0.05) is 16.9 Å². The van der Waals surface area contributed by atoms with Crippen molar-refractivity contribution in [3.05, 3.63) is 54.1 Å². The number of hydrogen-bond acceptors (Lipinski definition) is 7. The monoisotopic (exact) mass is 450 g/mol. The van der Waals surface area contributed by atoms with Gasteiger partial charge in [-0.1, -0.05) is 33.5 Å². The van der Waals surface area contributed by atoms with E-state index in [0.29, 0.717) is 16.8 Å². The summed E-state index contributed by atoms with van der Waals surface area (Å²) in [5, 5.41) is 13.6. The Bertz CT molecular complexity index is 1160. The maximum absolute atomic E-state index is 14.0. The number of sulfonamides is 1. The second-order valence-corrected chi connectivity index (χ2v) is 9.60. The van der Waals surface area contributed by atoms with Crippen molar-refractivity contribution in [2.45, 2.75) is 18.9 Å². The van der Waals surface area contributed by atoms with Crippen LogP contribution >= 0.6 is 9.24 Å². The number of benzene rings is 2. The molecule has 0 bridgehead atoms. The summed E-state index contributed by atoms with van der Waals surface area (Å²) in [4.78, 5) is 12.7. The first kappa shape index (κ1) is 21.8. The topological polar surface area (TPSA) is 119 Å². The third kappa shape index (κ3) is 5.80. The number of alkyl halides is 1. The van der Waals surface area contributed by atoms with Gasteiger partial charge >= 0.3 is 0 Å². The fourth-order valence-electron chi connectivity index (χ4n) is 2.61. The van der Waals surface area contributed by atoms with E-state index in [-0.39, 0.29) is 5.82 Å². The molecule has 1 aromatic heterocycles. The van der Waals surface area contributed by atoms with Gasteiger partial charge in [0.1, 0.15) is 12.0 Å². The van der Waals surface area contributed by atoms with Crippen molar-refractivity contribution in [3.63, 3.8) is 0 Å². The zero-order valence-corrected chi connectivity index (χ0v) is 18.2. The standard InChI is InChI=1S/C18H20FN6O3PS/c1-18(19,29)12-7-9-13(10-8-12)20-15-6-4-3-5-14(15)17-21-24-25(22-17)11-16(26)23-30(2,27)28/h3-10,20H,11,29H2,1-2H3,(H,23,26). The van der Waals surface area contributed by atoms with Gasteiger partial charge in [-0.3, -0.25) is 9.52 Å². The number of hydrogen-bond donors (Lipinski definition) is 2. The average molecular weight is 450 g/mol. The van der Waals surface area contributed by atoms with Crippen molar-refractivity contribution in [2.75, 3.05) is 11.6 Å². The van der Waals surface area contributed by atoms with E-state index in [1.54, 1.807) is 36.4 Å². The first-order chi connectivity index (χ1) is 14.0. The third-order valence-corrected chi connectivity index (χ3v) is 4.87. The number of aromatic nitrogens is 4. The van der Waals surface area contributed by atoms with Crippen LogP contribution in [-0.2, 0) is 26.8 Å². The lowest BCUT2D eigenvalue weighted by atomic mass is 10.1. The molecule has 0 spiro atoms. The summed E-state index contributed by atoms with van der Waals surface area (Å²) >= 11 is 0. The molecule has 3 aromatic rings. The van der Waals surface area contributed by atoms with Gasteiger partial charge in [0.25, 0.3) is 5.91 Å². The summed E-state index contributed by atoms with van der Waals surface area (Å²) in [5.74, 6) is -0.523. The largest absolute Gasteiger partial charge is 0.355 e. The van der Waals surface area contributed by atoms with E-state index in [4.69, 9.17) is 0 Å². The first-order valence-corrected chi connectivity index (χ1v) is 11.2. The molecular weight excluding hydrogens is 430 g/mol. The lowest BCUT2D eigenvalue weighted by Crippen LogP contribution is -2.33. The maximum Gasteiger partial charge on any atom is 0.257 e. The average Bonchev–Trinajstić information content (AvgIpc) is 3.08. The van der Waals surface area contributed by atoms with Crippen LogP contribution in [0.15, 0.2) is 48.5 Å². The number of carbonyl (C=O) groups excluding carboxylic acids is 1. The molecule has 12 heteroatoms. The minimum atomic E-state index is -3.67. The minimum absolute atomic E-state index is 0.253. The molecule has 2 unspecified atom stereocenters. The second kappa shape index (κ2) is 8.45. The highest BCUT2D eigenvalue weighted by Crippen LogP contribution is 2.34. The van der Waals surface area contributed by atoms with Crippen molar-refractivity contribution in [2.24, 2.45) is 0 Å². The number of nitrogens with zero attached hydrogens (tertiary/aromatic N) is 4. The Morgan fingerprint density at radius 3 is 2.50 bits per heavy atom. The maximum atomic E-state index is 14.0. The van der Waals surface area contributed by atoms with Crippen LogP contribution in [0.1, 0.15) is 12.5 Å². The van der Waals surface area contributed by atoms with Crippen molar-refractivity contribution >= 4 is 36.5 Å². The molecule has 2 atom stereocenters. The Morgan fingerprint density at radius 2 is 1.87 bits per heavy atom. The molecule has 0 aliphatic heterocycles. The van der Waals surface area contributed by atoms with Gasteiger partial charge in [0.2, 0.25) is 15.8 Å². The first-order valence-electron chi connectivity index (χ1n) is 8.74. The minimum Gasteiger partial charge on any atom is -0.355 e. The Balaban J connectivity index is 1.79. The zero-order chi connectivity index (χ0) is 21.9. The van der Waals surface area contributed by atoms with E-state index < -0.39 is 27.9 Å². The molecule has 158 valence electrons. The summed E-state index contributed by atoms with van der Waals surface area (Å²) in [5.41, 5.74) is 2.57. The van der Waals surface area contributed by atoms with Crippen LogP contribution in [0.5, 0.6) is 0 Å². The van der Waals surface area contributed by atoms with Gasteiger partial charge in [-0.05, 0) is 42.0 Å². The number of tetrazole rings is 1. The highest BCUT2D eigenvalue weighted by atomic mass is 32.2. The van der Waals surface area contributed by atoms with E-state index in [9.17, 15) is 17.6 Å². The van der Waals surface area contributed by atoms with Crippen LogP contribution in [0.2, 0.25) is 0 Å². The van der Waals surface area contributed by atoms with Gasteiger partial charge in [0.15, 0.2) is 0 Å². The van der Waals surface area contributed by atoms with Gasteiger partial charge < -0.3 is 5.32 Å². The molecule has 9 nitrogen and oxygen atoms in total. The lowest BCUT2D eigenvalue weighted by molar-refractivity contribution is -0.120. The Kier molecular flexibility index (Phi) is 6.14. The molecule has 2 N–H and O–H groups in total. The summed E-state index contributed by atoms with van der Waals surface area (Å²) in [6.07, 6.45) is 0.882. The smallest absolute Gasteiger partial charge is 0.257 e. The van der Waals surface area contributed by atoms with Crippen molar-refractivity contribution in [3.8, 4) is 11.4 Å². The molecule has 3 rings (SSSR count). The predicted octanol–water partition coefficient (Wildman–Crippen LogP) is 2.18. The van der Waals surface area contributed by atoms with E-state index >= 15 is 0 Å². The molecule has 0 saturated carbocycles. The number of halogens is 1. The molecule has 0 saturated heterocycles. The van der Waals surface area contributed by atoms with E-state index in [1.165, 1.54) is 6.92 Å². The number of rotatable bonds is 7. The Labute approximate surface area is 175 Å². The fourth-order valence-corrected chi connectivity index (χ4v) is 3.28. The highest BCUT2D eigenvalue weighted by Gasteiger charge is 2.19. The van der Waals surface area contributed by atoms with Gasteiger partial charge in [-0.2, -0.15) is 4.80 Å². The van der Waals surface area contributed by atoms with E-state index in [2.05, 4.69) is 30.0 Å². The van der Waals surface area contributed by atoms with E-state index in [0.717, 1.165) is 16.7 Å². The molecule has 0 fully saturated rings. The number of amides is 1. The van der Waals surface area contributed by atoms with Gasteiger partial charge in [0.05, 0.1) is 6.26 Å². The van der Waals surface area contributed by atoms with Crippen LogP contribution < -0.4 is 10.0 Å². The SMILES string of the molecule is CC(F)(P)c1ccc(Nc2ccccc2-c2nnn(CC(=O)NS(C)(=O)=O)n2)cc1. The summed E-state index contributed by atoms with van der Waals surface area (Å²) in [6, 6.07) is 14.1. The molecule has 30 heavy (non-hydrogen) atoms. The van der Waals surface area contributed by atoms with Crippen molar-refractivity contribution in [1.29, 1.82) is 0 Å². The summed E-state index contributed by atoms with van der Waals surface area (Å²) < 4.78 is 38.1. The fraction of sp³-hybridized carbons (Fsp3) is 0.222. The number of anilines is 2. The van der Waals surface area contributed by atoms with Crippen molar-refractivity contribution in [1.82, 2.24) is 24.9 Å². The summed E-state index contributed by atoms with van der Waals surface area (Å²) in [7, 11) is -1.51. The van der Waals surface area contributed by atoms with Crippen LogP contribution in [0.25, 0.3) is 11.4 Å². The number of para-hydroxylation sites is 1. The van der Waals surface area contributed by atoms with Gasteiger partial charge in [-0.15, -0.1) is 10.2 Å². The molecule has 1 amide bonds. The van der Waals surface area contributed by atoms with Crippen LogP contribution in [-0.4, -0.2) is 40.8 Å². The Hall–Kier alpha value is -2.91. The number of carbonyl (C=O) groups is 1. The van der Waals surface area contributed by atoms with E-state index in [1.807, 2.05) is 16.9 Å². The molecule has 0 aliphatic carbocycles. The highest BCUT2D eigenvalue weighted by molar-refractivity contribution is 7.89. The molecule has 1 heterocycles. The molecular formula is C18H20FN6O3PS. The third-order valence-electron chi connectivity index (χ3n) is 3.93. The quantitative estimate of drug-likeness (QED) is 0.530. The van der Waals surface area contributed by atoms with Gasteiger partial charge in [-0.25, -0.2) is 12.8 Å². The zero-order valence-electron chi connectivity index (χ0n) is 16.2. The molecule has 2 aromatic carbocycles. The summed E-state index contributed by atoms with van der Waals surface area (Å²) in [6.45, 7) is 1.06. The van der Waals surface area contributed by atoms with Crippen LogP contribution in [0.4, 0.5) is 15.8 Å². The van der Waals surface area contributed by atoms with Crippen LogP contribution in [0, 0.1) is 0 Å². The molecule has 0 radical (unpaired) electrons. The van der Waals surface area contributed by atoms with Crippen molar-refractivity contribution < 1.29 is 17.6 Å². The number of nitrogens with one attached hydrogen (secondary N) is 2. The Morgan fingerprint density at radius 1 is 1.20 bits per heavy atom. The molecule has 0 aliphatic rings. The lowest BCUT2D eigenvalue weighted by Gasteiger charge is -2.15. The predicted molar refractivity (Wildman–Crippen MR) is 114 cm³/mol. The van der Waals surface area contributed by atoms with Crippen LogP contribution in [0.3, 0.4) is 0 Å². The second-order valence-electron chi connectivity index (χ2n) is 6.76. The normalized spacial score (nSPS) is 13.5.